The molecule has 6 heteroatoms. The van der Waals surface area contributed by atoms with Crippen LogP contribution < -0.4 is 10.6 Å². The molecule has 136 valence electrons. The standard InChI is InChI=1S/C20H22FN3O2/c21-18-10-8-17(9-11-18)20(25)26-23-19(22)16-6-4-15(5-7-16)14-24-12-2-1-3-13-24/h4-11H,1-3,12-14H2,(H2,22,23)/p+1. The molecular weight excluding hydrogens is 333 g/mol. The van der Waals surface area contributed by atoms with Crippen LogP contribution in [0.5, 0.6) is 0 Å². The number of amidine groups is 1. The molecule has 0 radical (unpaired) electrons. The van der Waals surface area contributed by atoms with Gasteiger partial charge in [0.2, 0.25) is 0 Å². The lowest BCUT2D eigenvalue weighted by molar-refractivity contribution is -0.918. The third kappa shape index (κ3) is 4.89. The molecule has 0 saturated carbocycles. The number of nitrogens with zero attached hydrogens (tertiary/aromatic N) is 1. The number of rotatable bonds is 5. The molecule has 0 spiro atoms. The Bertz CT molecular complexity index is 767. The van der Waals surface area contributed by atoms with E-state index in [9.17, 15) is 9.18 Å². The number of piperidine rings is 1. The van der Waals surface area contributed by atoms with Gasteiger partial charge in [-0.05, 0) is 43.5 Å². The first-order valence-corrected chi connectivity index (χ1v) is 8.85. The highest BCUT2D eigenvalue weighted by Gasteiger charge is 2.14. The number of benzene rings is 2. The fraction of sp³-hybridized carbons (Fsp3) is 0.300. The van der Waals surface area contributed by atoms with E-state index >= 15 is 0 Å². The van der Waals surface area contributed by atoms with Crippen molar-refractivity contribution in [2.75, 3.05) is 13.1 Å². The van der Waals surface area contributed by atoms with E-state index in [2.05, 4.69) is 5.16 Å². The number of nitrogens with one attached hydrogen (secondary N) is 1. The summed E-state index contributed by atoms with van der Waals surface area (Å²) in [4.78, 5) is 18.3. The SMILES string of the molecule is N/C(=N/OC(=O)c1ccc(F)cc1)c1ccc(C[NH+]2CCCCC2)cc1. The van der Waals surface area contributed by atoms with Crippen LogP contribution in [0.15, 0.2) is 53.7 Å². The number of hydrogen-bond donors (Lipinski definition) is 2. The maximum Gasteiger partial charge on any atom is 0.365 e. The van der Waals surface area contributed by atoms with E-state index in [0.29, 0.717) is 5.56 Å². The molecule has 1 aliphatic heterocycles. The molecule has 0 atom stereocenters. The summed E-state index contributed by atoms with van der Waals surface area (Å²) in [6, 6.07) is 12.9. The molecule has 1 aliphatic rings. The minimum Gasteiger partial charge on any atom is -0.380 e. The lowest BCUT2D eigenvalue weighted by atomic mass is 10.1. The number of nitrogens with two attached hydrogens (primary N) is 1. The van der Waals surface area contributed by atoms with E-state index < -0.39 is 11.8 Å². The van der Waals surface area contributed by atoms with Gasteiger partial charge in [0.25, 0.3) is 0 Å². The number of quaternary nitrogens is 1. The lowest BCUT2D eigenvalue weighted by Crippen LogP contribution is -3.11. The maximum absolute atomic E-state index is 12.9. The topological polar surface area (TPSA) is 69.1 Å². The van der Waals surface area contributed by atoms with Gasteiger partial charge in [0.15, 0.2) is 5.84 Å². The molecule has 2 aromatic carbocycles. The van der Waals surface area contributed by atoms with Crippen molar-refractivity contribution in [3.05, 3.63) is 71.0 Å². The van der Waals surface area contributed by atoms with E-state index in [1.54, 1.807) is 4.90 Å². The zero-order valence-electron chi connectivity index (χ0n) is 14.6. The Morgan fingerprint density at radius 2 is 1.62 bits per heavy atom. The number of halogens is 1. The van der Waals surface area contributed by atoms with E-state index in [-0.39, 0.29) is 11.4 Å². The van der Waals surface area contributed by atoms with Gasteiger partial charge >= 0.3 is 5.97 Å². The molecule has 3 rings (SSSR count). The van der Waals surface area contributed by atoms with Crippen molar-refractivity contribution in [3.8, 4) is 0 Å². The third-order valence-corrected chi connectivity index (χ3v) is 4.57. The highest BCUT2D eigenvalue weighted by Crippen LogP contribution is 2.07. The van der Waals surface area contributed by atoms with Crippen molar-refractivity contribution in [2.45, 2.75) is 25.8 Å². The van der Waals surface area contributed by atoms with Crippen LogP contribution in [0.2, 0.25) is 0 Å². The second-order valence-electron chi connectivity index (χ2n) is 6.55. The molecule has 0 aliphatic carbocycles. The molecule has 2 aromatic rings. The maximum atomic E-state index is 12.9. The van der Waals surface area contributed by atoms with Crippen LogP contribution in [0, 0.1) is 5.82 Å². The molecule has 0 bridgehead atoms. The molecule has 1 fully saturated rings. The number of likely N-dealkylation sites (tertiary alicyclic amines) is 1. The molecule has 0 aromatic heterocycles. The first-order chi connectivity index (χ1) is 12.6. The van der Waals surface area contributed by atoms with Crippen molar-refractivity contribution in [1.82, 2.24) is 0 Å². The van der Waals surface area contributed by atoms with Crippen LogP contribution >= 0.6 is 0 Å². The van der Waals surface area contributed by atoms with Gasteiger partial charge in [0.05, 0.1) is 18.7 Å². The first-order valence-electron chi connectivity index (χ1n) is 8.85. The Morgan fingerprint density at radius 1 is 1.00 bits per heavy atom. The number of hydrogen-bond acceptors (Lipinski definition) is 3. The predicted molar refractivity (Wildman–Crippen MR) is 97.2 cm³/mol. The minimum absolute atomic E-state index is 0.123. The van der Waals surface area contributed by atoms with Crippen molar-refractivity contribution in [2.24, 2.45) is 10.9 Å². The second kappa shape index (κ2) is 8.58. The Kier molecular flexibility index (Phi) is 5.96. The van der Waals surface area contributed by atoms with Crippen molar-refractivity contribution >= 4 is 11.8 Å². The Morgan fingerprint density at radius 3 is 2.27 bits per heavy atom. The van der Waals surface area contributed by atoms with Crippen LogP contribution in [0.25, 0.3) is 0 Å². The average molecular weight is 356 g/mol. The van der Waals surface area contributed by atoms with Crippen LogP contribution in [-0.2, 0) is 11.4 Å². The summed E-state index contributed by atoms with van der Waals surface area (Å²) >= 11 is 0. The highest BCUT2D eigenvalue weighted by molar-refractivity contribution is 5.98. The zero-order valence-corrected chi connectivity index (χ0v) is 14.6. The summed E-state index contributed by atoms with van der Waals surface area (Å²) in [5, 5.41) is 3.68. The van der Waals surface area contributed by atoms with Crippen LogP contribution in [0.4, 0.5) is 4.39 Å². The van der Waals surface area contributed by atoms with E-state index in [0.717, 1.165) is 6.54 Å². The van der Waals surface area contributed by atoms with E-state index in [1.807, 2.05) is 24.3 Å². The van der Waals surface area contributed by atoms with Crippen molar-refractivity contribution in [3.63, 3.8) is 0 Å². The van der Waals surface area contributed by atoms with Gasteiger partial charge in [0, 0.05) is 11.1 Å². The molecule has 3 N–H and O–H groups in total. The highest BCUT2D eigenvalue weighted by atomic mass is 19.1. The van der Waals surface area contributed by atoms with Crippen molar-refractivity contribution < 1.29 is 18.9 Å². The summed E-state index contributed by atoms with van der Waals surface area (Å²) < 4.78 is 12.9. The smallest absolute Gasteiger partial charge is 0.365 e. The number of oxime groups is 1. The molecule has 0 unspecified atom stereocenters. The Labute approximate surface area is 152 Å². The summed E-state index contributed by atoms with van der Waals surface area (Å²) in [7, 11) is 0. The first kappa shape index (κ1) is 18.1. The van der Waals surface area contributed by atoms with E-state index in [4.69, 9.17) is 10.6 Å². The van der Waals surface area contributed by atoms with Crippen LogP contribution in [-0.4, -0.2) is 24.9 Å². The molecule has 26 heavy (non-hydrogen) atoms. The Balaban J connectivity index is 1.58. The van der Waals surface area contributed by atoms with Gasteiger partial charge < -0.3 is 15.5 Å². The average Bonchev–Trinajstić information content (AvgIpc) is 2.68. The Hall–Kier alpha value is -2.73. The zero-order chi connectivity index (χ0) is 18.4. The van der Waals surface area contributed by atoms with Gasteiger partial charge in [-0.2, -0.15) is 0 Å². The van der Waals surface area contributed by atoms with Crippen LogP contribution in [0.1, 0.15) is 40.7 Å². The quantitative estimate of drug-likeness (QED) is 0.372. The fourth-order valence-electron chi connectivity index (χ4n) is 3.09. The summed E-state index contributed by atoms with van der Waals surface area (Å²) in [5.41, 5.74) is 8.04. The van der Waals surface area contributed by atoms with Gasteiger partial charge in [-0.15, -0.1) is 0 Å². The monoisotopic (exact) mass is 356 g/mol. The largest absolute Gasteiger partial charge is 0.380 e. The molecule has 1 heterocycles. The van der Waals surface area contributed by atoms with Gasteiger partial charge in [-0.1, -0.05) is 29.4 Å². The fourth-order valence-corrected chi connectivity index (χ4v) is 3.09. The van der Waals surface area contributed by atoms with Gasteiger partial charge in [-0.3, -0.25) is 0 Å². The third-order valence-electron chi connectivity index (χ3n) is 4.57. The number of carbonyl (C=O) groups excluding carboxylic acids is 1. The summed E-state index contributed by atoms with van der Waals surface area (Å²) in [6.07, 6.45) is 3.94. The minimum atomic E-state index is -0.682. The molecule has 0 amide bonds. The lowest BCUT2D eigenvalue weighted by Gasteiger charge is -2.23. The molecule has 1 saturated heterocycles. The van der Waals surface area contributed by atoms with E-state index in [1.165, 1.54) is 62.2 Å². The summed E-state index contributed by atoms with van der Waals surface area (Å²) in [5.74, 6) is -0.980. The van der Waals surface area contributed by atoms with Gasteiger partial charge in [-0.25, -0.2) is 9.18 Å². The predicted octanol–water partition coefficient (Wildman–Crippen LogP) is 1.87. The van der Waals surface area contributed by atoms with Crippen molar-refractivity contribution in [1.29, 1.82) is 0 Å². The molecule has 5 nitrogen and oxygen atoms in total. The second-order valence-corrected chi connectivity index (χ2v) is 6.55. The summed E-state index contributed by atoms with van der Waals surface area (Å²) in [6.45, 7) is 3.46. The van der Waals surface area contributed by atoms with Gasteiger partial charge in [0.1, 0.15) is 12.4 Å². The number of carbonyl (C=O) groups is 1. The van der Waals surface area contributed by atoms with Crippen LogP contribution in [0.3, 0.4) is 0 Å². The normalized spacial score (nSPS) is 15.7. The molecular formula is C20H23FN3O2+.